The van der Waals surface area contributed by atoms with Gasteiger partial charge in [-0.1, -0.05) is 12.1 Å². The van der Waals surface area contributed by atoms with Gasteiger partial charge in [0.05, 0.1) is 5.69 Å². The van der Waals surface area contributed by atoms with E-state index in [1.807, 2.05) is 24.3 Å². The van der Waals surface area contributed by atoms with Crippen LogP contribution in [-0.4, -0.2) is 15.2 Å². The molecule has 0 fully saturated rings. The maximum atomic E-state index is 4.42. The zero-order chi connectivity index (χ0) is 16.2. The van der Waals surface area contributed by atoms with Gasteiger partial charge in [-0.25, -0.2) is 0 Å². The van der Waals surface area contributed by atoms with Gasteiger partial charge in [0.2, 0.25) is 0 Å². The second-order valence-electron chi connectivity index (χ2n) is 5.77. The number of nitrogens with zero attached hydrogens (tertiary/aromatic N) is 3. The van der Waals surface area contributed by atoms with Crippen LogP contribution in [0.5, 0.6) is 0 Å². The van der Waals surface area contributed by atoms with Crippen molar-refractivity contribution in [3.8, 4) is 0 Å². The number of nitrogens with one attached hydrogen (secondary N) is 1. The molecule has 0 aliphatic rings. The monoisotopic (exact) mass is 304 g/mol. The van der Waals surface area contributed by atoms with Crippen LogP contribution < -0.4 is 5.32 Å². The summed E-state index contributed by atoms with van der Waals surface area (Å²) in [6, 6.07) is 12.3. The molecular formula is C19H20N4. The van der Waals surface area contributed by atoms with Gasteiger partial charge in [0.1, 0.15) is 0 Å². The number of anilines is 2. The van der Waals surface area contributed by atoms with Crippen molar-refractivity contribution >= 4 is 11.5 Å². The molecule has 0 aliphatic carbocycles. The van der Waals surface area contributed by atoms with Crippen molar-refractivity contribution in [1.29, 1.82) is 0 Å². The van der Waals surface area contributed by atoms with Crippen molar-refractivity contribution in [1.82, 2.24) is 15.2 Å². The lowest BCUT2D eigenvalue weighted by atomic mass is 10.0. The van der Waals surface area contributed by atoms with E-state index < -0.39 is 0 Å². The number of benzene rings is 1. The first-order valence-electron chi connectivity index (χ1n) is 7.69. The molecular weight excluding hydrogens is 284 g/mol. The van der Waals surface area contributed by atoms with Crippen LogP contribution in [-0.2, 0) is 6.42 Å². The molecule has 0 amide bonds. The molecule has 0 unspecified atom stereocenters. The molecule has 0 aliphatic heterocycles. The molecule has 0 saturated carbocycles. The fourth-order valence-corrected chi connectivity index (χ4v) is 2.49. The Bertz CT molecular complexity index is 813. The summed E-state index contributed by atoms with van der Waals surface area (Å²) in [6.07, 6.45) is 4.38. The highest BCUT2D eigenvalue weighted by Gasteiger charge is 2.10. The second kappa shape index (κ2) is 6.57. The minimum Gasteiger partial charge on any atom is -0.338 e. The minimum atomic E-state index is 0.771. The van der Waals surface area contributed by atoms with Crippen LogP contribution in [0, 0.1) is 20.8 Å². The summed E-state index contributed by atoms with van der Waals surface area (Å²) in [5, 5.41) is 12.2. The number of pyridine rings is 1. The van der Waals surface area contributed by atoms with Gasteiger partial charge < -0.3 is 5.32 Å². The standard InChI is InChI=1S/C19H20N4/c1-13-5-4-6-17(11-13)21-19-15(3)14(2)18(22-23-19)12-16-7-9-20-10-8-16/h4-11H,12H2,1-3H3,(H,21,23). The third-order valence-corrected chi connectivity index (χ3v) is 4.02. The van der Waals surface area contributed by atoms with Crippen LogP contribution >= 0.6 is 0 Å². The van der Waals surface area contributed by atoms with Crippen LogP contribution in [0.25, 0.3) is 0 Å². The average Bonchev–Trinajstić information content (AvgIpc) is 2.56. The van der Waals surface area contributed by atoms with Gasteiger partial charge in [0.15, 0.2) is 5.82 Å². The largest absolute Gasteiger partial charge is 0.338 e. The summed E-state index contributed by atoms with van der Waals surface area (Å²) in [5.74, 6) is 0.812. The van der Waals surface area contributed by atoms with Gasteiger partial charge in [-0.05, 0) is 67.3 Å². The van der Waals surface area contributed by atoms with E-state index >= 15 is 0 Å². The lowest BCUT2D eigenvalue weighted by molar-refractivity contribution is 0.909. The molecule has 0 bridgehead atoms. The molecule has 0 radical (unpaired) electrons. The molecule has 0 atom stereocenters. The molecule has 0 spiro atoms. The number of hydrogen-bond acceptors (Lipinski definition) is 4. The molecule has 4 heteroatoms. The van der Waals surface area contributed by atoms with Crippen LogP contribution in [0.3, 0.4) is 0 Å². The van der Waals surface area contributed by atoms with E-state index in [1.165, 1.54) is 16.7 Å². The van der Waals surface area contributed by atoms with E-state index in [0.29, 0.717) is 0 Å². The number of hydrogen-bond donors (Lipinski definition) is 1. The second-order valence-corrected chi connectivity index (χ2v) is 5.77. The Morgan fingerprint density at radius 3 is 2.43 bits per heavy atom. The topological polar surface area (TPSA) is 50.7 Å². The molecule has 1 N–H and O–H groups in total. The van der Waals surface area contributed by atoms with Gasteiger partial charge in [0.25, 0.3) is 0 Å². The Balaban J connectivity index is 1.85. The van der Waals surface area contributed by atoms with Gasteiger partial charge in [0, 0.05) is 24.5 Å². The molecule has 1 aromatic carbocycles. The Kier molecular flexibility index (Phi) is 4.33. The normalized spacial score (nSPS) is 10.6. The highest BCUT2D eigenvalue weighted by molar-refractivity contribution is 5.61. The van der Waals surface area contributed by atoms with Gasteiger partial charge >= 0.3 is 0 Å². The maximum absolute atomic E-state index is 4.42. The van der Waals surface area contributed by atoms with E-state index in [-0.39, 0.29) is 0 Å². The third kappa shape index (κ3) is 3.54. The first-order chi connectivity index (χ1) is 11.1. The van der Waals surface area contributed by atoms with Crippen LogP contribution in [0.2, 0.25) is 0 Å². The van der Waals surface area contributed by atoms with Crippen LogP contribution in [0.4, 0.5) is 11.5 Å². The summed E-state index contributed by atoms with van der Waals surface area (Å²) in [5.41, 5.74) is 6.74. The van der Waals surface area contributed by atoms with Crippen molar-refractivity contribution in [3.05, 3.63) is 76.7 Å². The van der Waals surface area contributed by atoms with Crippen molar-refractivity contribution in [2.24, 2.45) is 0 Å². The van der Waals surface area contributed by atoms with Crippen molar-refractivity contribution in [3.63, 3.8) is 0 Å². The van der Waals surface area contributed by atoms with E-state index in [0.717, 1.165) is 29.2 Å². The van der Waals surface area contributed by atoms with E-state index in [9.17, 15) is 0 Å². The molecule has 3 aromatic rings. The average molecular weight is 304 g/mol. The SMILES string of the molecule is Cc1cccc(Nc2nnc(Cc3ccncc3)c(C)c2C)c1. The number of rotatable bonds is 4. The maximum Gasteiger partial charge on any atom is 0.156 e. The van der Waals surface area contributed by atoms with Crippen molar-refractivity contribution in [2.75, 3.05) is 5.32 Å². The first kappa shape index (κ1) is 15.2. The van der Waals surface area contributed by atoms with E-state index in [1.54, 1.807) is 12.4 Å². The molecule has 2 heterocycles. The Morgan fingerprint density at radius 2 is 1.70 bits per heavy atom. The molecule has 3 rings (SSSR count). The first-order valence-corrected chi connectivity index (χ1v) is 7.69. The predicted molar refractivity (Wildman–Crippen MR) is 93.0 cm³/mol. The molecule has 0 saturated heterocycles. The minimum absolute atomic E-state index is 0.771. The quantitative estimate of drug-likeness (QED) is 0.787. The van der Waals surface area contributed by atoms with Gasteiger partial charge in [-0.3, -0.25) is 4.98 Å². The Labute approximate surface area is 136 Å². The lowest BCUT2D eigenvalue weighted by Gasteiger charge is -2.13. The number of aromatic nitrogens is 3. The lowest BCUT2D eigenvalue weighted by Crippen LogP contribution is -2.06. The third-order valence-electron chi connectivity index (χ3n) is 4.02. The highest BCUT2D eigenvalue weighted by atomic mass is 15.2. The van der Waals surface area contributed by atoms with Crippen molar-refractivity contribution in [2.45, 2.75) is 27.2 Å². The van der Waals surface area contributed by atoms with Gasteiger partial charge in [-0.2, -0.15) is 5.10 Å². The molecule has 2 aromatic heterocycles. The smallest absolute Gasteiger partial charge is 0.156 e. The number of aryl methyl sites for hydroxylation is 1. The Morgan fingerprint density at radius 1 is 0.913 bits per heavy atom. The van der Waals surface area contributed by atoms with E-state index in [2.05, 4.69) is 53.4 Å². The molecule has 23 heavy (non-hydrogen) atoms. The zero-order valence-electron chi connectivity index (χ0n) is 13.7. The Hall–Kier alpha value is -2.75. The van der Waals surface area contributed by atoms with Crippen molar-refractivity contribution < 1.29 is 0 Å². The predicted octanol–water partition coefficient (Wildman–Crippen LogP) is 4.13. The van der Waals surface area contributed by atoms with Gasteiger partial charge in [-0.15, -0.1) is 5.10 Å². The fourth-order valence-electron chi connectivity index (χ4n) is 2.49. The van der Waals surface area contributed by atoms with Crippen LogP contribution in [0.1, 0.15) is 27.9 Å². The fraction of sp³-hybridized carbons (Fsp3) is 0.211. The summed E-state index contributed by atoms with van der Waals surface area (Å²) >= 11 is 0. The highest BCUT2D eigenvalue weighted by Crippen LogP contribution is 2.23. The molecule has 4 nitrogen and oxygen atoms in total. The summed E-state index contributed by atoms with van der Waals surface area (Å²) in [6.45, 7) is 6.26. The summed E-state index contributed by atoms with van der Waals surface area (Å²) < 4.78 is 0. The summed E-state index contributed by atoms with van der Waals surface area (Å²) in [7, 11) is 0. The molecule has 116 valence electrons. The van der Waals surface area contributed by atoms with Crippen LogP contribution in [0.15, 0.2) is 48.8 Å². The van der Waals surface area contributed by atoms with E-state index in [4.69, 9.17) is 0 Å². The summed E-state index contributed by atoms with van der Waals surface area (Å²) in [4.78, 5) is 4.05. The zero-order valence-corrected chi connectivity index (χ0v) is 13.7.